The third-order valence-corrected chi connectivity index (χ3v) is 7.97. The third kappa shape index (κ3) is 3.44. The summed E-state index contributed by atoms with van der Waals surface area (Å²) in [5.41, 5.74) is 8.67. The molecule has 7 aromatic rings. The zero-order valence-corrected chi connectivity index (χ0v) is 21.7. The molecule has 0 aliphatic rings. The fourth-order valence-corrected chi connectivity index (χ4v) is 6.16. The van der Waals surface area contributed by atoms with Crippen LogP contribution in [0.1, 0.15) is 0 Å². The lowest BCUT2D eigenvalue weighted by Crippen LogP contribution is -1.92. The molecule has 7 rings (SSSR count). The molecule has 0 atom stereocenters. The molecule has 0 spiro atoms. The smallest absolute Gasteiger partial charge is 0.0541 e. The average Bonchev–Trinajstić information content (AvgIpc) is 3.27. The first-order valence-corrected chi connectivity index (χ1v) is 13.2. The van der Waals surface area contributed by atoms with Crippen molar-refractivity contribution in [3.05, 3.63) is 137 Å². The lowest BCUT2D eigenvalue weighted by molar-refractivity contribution is 1.18. The molecule has 1 aromatic heterocycles. The fourth-order valence-electron chi connectivity index (χ4n) is 5.38. The summed E-state index contributed by atoms with van der Waals surface area (Å²) in [6.07, 6.45) is 0. The van der Waals surface area contributed by atoms with E-state index in [2.05, 4.69) is 161 Å². The highest BCUT2D eigenvalue weighted by Gasteiger charge is 2.13. The zero-order valence-electron chi connectivity index (χ0n) is 19.5. The van der Waals surface area contributed by atoms with Crippen molar-refractivity contribution in [2.75, 3.05) is 0 Å². The van der Waals surface area contributed by atoms with Crippen molar-refractivity contribution in [2.45, 2.75) is 0 Å². The summed E-state index contributed by atoms with van der Waals surface area (Å²) < 4.78 is 3.63. The summed E-state index contributed by atoms with van der Waals surface area (Å²) in [7, 11) is 0. The number of aromatic nitrogens is 1. The second-order valence-electron chi connectivity index (χ2n) is 9.14. The van der Waals surface area contributed by atoms with E-state index < -0.39 is 0 Å². The minimum atomic E-state index is 1.19. The van der Waals surface area contributed by atoms with Crippen LogP contribution in [-0.2, 0) is 0 Å². The zero-order chi connectivity index (χ0) is 24.1. The first kappa shape index (κ1) is 21.4. The van der Waals surface area contributed by atoms with Crippen molar-refractivity contribution in [2.24, 2.45) is 0 Å². The Balaban J connectivity index is 1.36. The molecule has 0 fully saturated rings. The van der Waals surface area contributed by atoms with Crippen LogP contribution in [0.3, 0.4) is 0 Å². The van der Waals surface area contributed by atoms with Gasteiger partial charge < -0.3 is 4.57 Å². The number of hydrogen-bond acceptors (Lipinski definition) is 0. The van der Waals surface area contributed by atoms with E-state index in [1.54, 1.807) is 0 Å². The molecular formula is C34H22IN. The van der Waals surface area contributed by atoms with Gasteiger partial charge in [-0.1, -0.05) is 97.1 Å². The SMILES string of the molecule is Ic1ccc2ccccc2c1-c1ccc(-c2ccc3c(c2)c2ccccc2n3-c2ccccc2)cc1. The first-order valence-electron chi connectivity index (χ1n) is 12.1. The Hall–Kier alpha value is -3.89. The van der Waals surface area contributed by atoms with Crippen LogP contribution in [-0.4, -0.2) is 4.57 Å². The van der Waals surface area contributed by atoms with Crippen molar-refractivity contribution < 1.29 is 0 Å². The van der Waals surface area contributed by atoms with Gasteiger partial charge in [-0.25, -0.2) is 0 Å². The van der Waals surface area contributed by atoms with Crippen LogP contribution in [0.5, 0.6) is 0 Å². The predicted octanol–water partition coefficient (Wildman–Crippen LogP) is 9.88. The van der Waals surface area contributed by atoms with Crippen molar-refractivity contribution >= 4 is 55.2 Å². The Bertz CT molecular complexity index is 1880. The van der Waals surface area contributed by atoms with E-state index in [9.17, 15) is 0 Å². The molecule has 6 aromatic carbocycles. The van der Waals surface area contributed by atoms with E-state index in [-0.39, 0.29) is 0 Å². The Kier molecular flexibility index (Phi) is 5.14. The van der Waals surface area contributed by atoms with E-state index in [1.165, 1.54) is 64.1 Å². The quantitative estimate of drug-likeness (QED) is 0.186. The normalized spacial score (nSPS) is 11.5. The molecule has 170 valence electrons. The number of para-hydroxylation sites is 2. The van der Waals surface area contributed by atoms with E-state index in [0.717, 1.165) is 0 Å². The van der Waals surface area contributed by atoms with Crippen LogP contribution in [0.25, 0.3) is 60.5 Å². The largest absolute Gasteiger partial charge is 0.309 e. The number of rotatable bonds is 3. The van der Waals surface area contributed by atoms with Gasteiger partial charge in [0.1, 0.15) is 0 Å². The van der Waals surface area contributed by atoms with Crippen LogP contribution in [0.4, 0.5) is 0 Å². The monoisotopic (exact) mass is 571 g/mol. The van der Waals surface area contributed by atoms with Crippen molar-refractivity contribution in [3.63, 3.8) is 0 Å². The molecule has 0 saturated heterocycles. The number of halogens is 1. The van der Waals surface area contributed by atoms with Crippen LogP contribution in [0.15, 0.2) is 133 Å². The van der Waals surface area contributed by atoms with E-state index >= 15 is 0 Å². The summed E-state index contributed by atoms with van der Waals surface area (Å²) in [4.78, 5) is 0. The van der Waals surface area contributed by atoms with E-state index in [4.69, 9.17) is 0 Å². The molecule has 2 heteroatoms. The maximum Gasteiger partial charge on any atom is 0.0541 e. The molecule has 0 unspecified atom stereocenters. The third-order valence-electron chi connectivity index (χ3n) is 7.07. The molecular weight excluding hydrogens is 549 g/mol. The molecule has 1 nitrogen and oxygen atoms in total. The Morgan fingerprint density at radius 2 is 1.08 bits per heavy atom. The maximum atomic E-state index is 2.45. The van der Waals surface area contributed by atoms with Gasteiger partial charge in [-0.05, 0) is 86.5 Å². The summed E-state index contributed by atoms with van der Waals surface area (Å²) in [5.74, 6) is 0. The lowest BCUT2D eigenvalue weighted by atomic mass is 9.96. The van der Waals surface area contributed by atoms with E-state index in [0.29, 0.717) is 0 Å². The Morgan fingerprint density at radius 3 is 1.92 bits per heavy atom. The van der Waals surface area contributed by atoms with Crippen molar-refractivity contribution in [1.29, 1.82) is 0 Å². The van der Waals surface area contributed by atoms with Crippen LogP contribution in [0, 0.1) is 3.57 Å². The van der Waals surface area contributed by atoms with Gasteiger partial charge in [-0.15, -0.1) is 0 Å². The number of hydrogen-bond donors (Lipinski definition) is 0. The Labute approximate surface area is 223 Å². The van der Waals surface area contributed by atoms with Gasteiger partial charge in [0.15, 0.2) is 0 Å². The predicted molar refractivity (Wildman–Crippen MR) is 162 cm³/mol. The van der Waals surface area contributed by atoms with E-state index in [1.807, 2.05) is 0 Å². The number of nitrogens with zero attached hydrogens (tertiary/aromatic N) is 1. The van der Waals surface area contributed by atoms with Gasteiger partial charge in [-0.3, -0.25) is 0 Å². The highest BCUT2D eigenvalue weighted by atomic mass is 127. The topological polar surface area (TPSA) is 4.93 Å². The molecule has 0 aliphatic carbocycles. The summed E-state index contributed by atoms with van der Waals surface area (Å²) >= 11 is 2.45. The Morgan fingerprint density at radius 1 is 0.444 bits per heavy atom. The van der Waals surface area contributed by atoms with Gasteiger partial charge >= 0.3 is 0 Å². The van der Waals surface area contributed by atoms with Crippen LogP contribution < -0.4 is 0 Å². The lowest BCUT2D eigenvalue weighted by Gasteiger charge is -2.11. The molecule has 36 heavy (non-hydrogen) atoms. The van der Waals surface area contributed by atoms with Crippen molar-refractivity contribution in [3.8, 4) is 27.9 Å². The summed E-state index contributed by atoms with van der Waals surface area (Å²) in [6.45, 7) is 0. The van der Waals surface area contributed by atoms with Gasteiger partial charge in [0, 0.05) is 25.6 Å². The summed E-state index contributed by atoms with van der Waals surface area (Å²) in [5, 5.41) is 5.13. The van der Waals surface area contributed by atoms with Crippen LogP contribution >= 0.6 is 22.6 Å². The molecule has 0 amide bonds. The van der Waals surface area contributed by atoms with Crippen LogP contribution in [0.2, 0.25) is 0 Å². The minimum absolute atomic E-state index is 1.19. The van der Waals surface area contributed by atoms with Crippen molar-refractivity contribution in [1.82, 2.24) is 4.57 Å². The fraction of sp³-hybridized carbons (Fsp3) is 0. The van der Waals surface area contributed by atoms with Gasteiger partial charge in [0.25, 0.3) is 0 Å². The standard InChI is InChI=1S/C34H22IN/c35-31-20-18-24-8-4-5-11-28(24)34(31)25-16-14-23(15-17-25)26-19-21-33-30(22-26)29-12-6-7-13-32(29)36(33)27-9-2-1-3-10-27/h1-22H. The number of fused-ring (bicyclic) bond motifs is 4. The highest BCUT2D eigenvalue weighted by Crippen LogP contribution is 2.37. The molecule has 0 bridgehead atoms. The van der Waals surface area contributed by atoms with Gasteiger partial charge in [0.2, 0.25) is 0 Å². The van der Waals surface area contributed by atoms with Gasteiger partial charge in [0.05, 0.1) is 11.0 Å². The molecule has 0 aliphatic heterocycles. The summed E-state index contributed by atoms with van der Waals surface area (Å²) in [6, 6.07) is 48.2. The minimum Gasteiger partial charge on any atom is -0.309 e. The molecule has 1 heterocycles. The molecule has 0 radical (unpaired) electrons. The second-order valence-corrected chi connectivity index (χ2v) is 10.3. The molecule has 0 N–H and O–H groups in total. The van der Waals surface area contributed by atoms with Gasteiger partial charge in [-0.2, -0.15) is 0 Å². The second kappa shape index (κ2) is 8.65. The highest BCUT2D eigenvalue weighted by molar-refractivity contribution is 14.1. The maximum absolute atomic E-state index is 2.45. The molecule has 0 saturated carbocycles. The average molecular weight is 571 g/mol. The first-order chi connectivity index (χ1) is 17.8. The number of benzene rings is 6.